The van der Waals surface area contributed by atoms with E-state index < -0.39 is 17.7 Å². The first-order valence-corrected chi connectivity index (χ1v) is 11.8. The van der Waals surface area contributed by atoms with Gasteiger partial charge in [-0.05, 0) is 49.6 Å². The minimum atomic E-state index is -0.712. The Morgan fingerprint density at radius 1 is 1.18 bits per heavy atom. The highest BCUT2D eigenvalue weighted by Gasteiger charge is 2.47. The molecule has 7 heteroatoms. The highest BCUT2D eigenvalue weighted by atomic mass is 16.5. The molecular weight excluding hydrogens is 432 g/mol. The number of nitrogens with zero attached hydrogens (tertiary/aromatic N) is 1. The molecule has 3 heterocycles. The van der Waals surface area contributed by atoms with Gasteiger partial charge >= 0.3 is 0 Å². The Balaban J connectivity index is 1.60. The van der Waals surface area contributed by atoms with Crippen LogP contribution in [0.5, 0.6) is 5.75 Å². The summed E-state index contributed by atoms with van der Waals surface area (Å²) in [6.07, 6.45) is 4.35. The number of carbonyl (C=O) groups is 2. The number of carbonyl (C=O) groups excluding carboxylic acids is 2. The molecule has 0 spiro atoms. The SMILES string of the molecule is CCCOc1ccc(/C(O)=C2\C(=O)C(=O)N(CC3CCCO3)C2c2c[nH]c3ccccc23)cc1. The molecule has 0 aliphatic carbocycles. The lowest BCUT2D eigenvalue weighted by atomic mass is 9.94. The highest BCUT2D eigenvalue weighted by molar-refractivity contribution is 6.46. The number of para-hydroxylation sites is 1. The van der Waals surface area contributed by atoms with Crippen molar-refractivity contribution in [1.29, 1.82) is 0 Å². The second-order valence-electron chi connectivity index (χ2n) is 8.75. The van der Waals surface area contributed by atoms with Gasteiger partial charge in [0.15, 0.2) is 0 Å². The summed E-state index contributed by atoms with van der Waals surface area (Å²) in [5.74, 6) is -0.803. The fourth-order valence-electron chi connectivity index (χ4n) is 4.80. The Labute approximate surface area is 198 Å². The minimum Gasteiger partial charge on any atom is -0.507 e. The highest BCUT2D eigenvalue weighted by Crippen LogP contribution is 2.42. The number of hydrogen-bond acceptors (Lipinski definition) is 5. The lowest BCUT2D eigenvalue weighted by Gasteiger charge is -2.27. The van der Waals surface area contributed by atoms with E-state index in [4.69, 9.17) is 9.47 Å². The number of ketones is 1. The summed E-state index contributed by atoms with van der Waals surface area (Å²) in [6, 6.07) is 14.0. The van der Waals surface area contributed by atoms with Gasteiger partial charge in [-0.25, -0.2) is 0 Å². The molecule has 1 aromatic heterocycles. The summed E-state index contributed by atoms with van der Waals surface area (Å²) in [5.41, 5.74) is 2.23. The fourth-order valence-corrected chi connectivity index (χ4v) is 4.80. The van der Waals surface area contributed by atoms with E-state index in [1.807, 2.05) is 37.4 Å². The van der Waals surface area contributed by atoms with E-state index in [9.17, 15) is 14.7 Å². The monoisotopic (exact) mass is 460 g/mol. The number of H-pyrrole nitrogens is 1. The first kappa shape index (κ1) is 22.2. The molecule has 2 aliphatic heterocycles. The molecule has 0 radical (unpaired) electrons. The molecule has 176 valence electrons. The third-order valence-corrected chi connectivity index (χ3v) is 6.48. The van der Waals surface area contributed by atoms with E-state index in [1.165, 1.54) is 0 Å². The van der Waals surface area contributed by atoms with Crippen LogP contribution >= 0.6 is 0 Å². The van der Waals surface area contributed by atoms with Crippen molar-refractivity contribution >= 4 is 28.4 Å². The number of aliphatic hydroxyl groups excluding tert-OH is 1. The standard InChI is InChI=1S/C27H28N2O5/c1-2-13-33-18-11-9-17(10-12-18)25(30)23-24(21-15-28-22-8-4-3-7-20(21)22)29(27(32)26(23)31)16-19-6-5-14-34-19/h3-4,7-12,15,19,24,28,30H,2,5-6,13-14,16H2,1H3/b25-23+. The normalized spacial score (nSPS) is 22.1. The van der Waals surface area contributed by atoms with Crippen LogP contribution < -0.4 is 4.74 Å². The maximum Gasteiger partial charge on any atom is 0.295 e. The van der Waals surface area contributed by atoms with Gasteiger partial charge in [0.1, 0.15) is 11.5 Å². The molecule has 2 fully saturated rings. The fraction of sp³-hybridized carbons (Fsp3) is 0.333. The number of aromatic amines is 1. The van der Waals surface area contributed by atoms with Crippen LogP contribution in [0.1, 0.15) is 43.4 Å². The van der Waals surface area contributed by atoms with Crippen LogP contribution in [0.3, 0.4) is 0 Å². The van der Waals surface area contributed by atoms with Crippen molar-refractivity contribution < 1.29 is 24.2 Å². The first-order valence-electron chi connectivity index (χ1n) is 11.8. The Kier molecular flexibility index (Phi) is 6.11. The number of fused-ring (bicyclic) bond motifs is 1. The summed E-state index contributed by atoms with van der Waals surface area (Å²) in [7, 11) is 0. The van der Waals surface area contributed by atoms with Gasteiger partial charge in [0.25, 0.3) is 11.7 Å². The van der Waals surface area contributed by atoms with Gasteiger partial charge in [-0.15, -0.1) is 0 Å². The van der Waals surface area contributed by atoms with Crippen molar-refractivity contribution in [2.24, 2.45) is 0 Å². The largest absolute Gasteiger partial charge is 0.507 e. The third kappa shape index (κ3) is 3.96. The number of aromatic nitrogens is 1. The van der Waals surface area contributed by atoms with E-state index >= 15 is 0 Å². The number of Topliss-reactive ketones (excluding diaryl/α,β-unsaturated/α-hetero) is 1. The van der Waals surface area contributed by atoms with Crippen LogP contribution in [0.25, 0.3) is 16.7 Å². The van der Waals surface area contributed by atoms with Gasteiger partial charge in [-0.3, -0.25) is 9.59 Å². The predicted molar refractivity (Wildman–Crippen MR) is 129 cm³/mol. The number of benzene rings is 2. The maximum absolute atomic E-state index is 13.3. The van der Waals surface area contributed by atoms with Crippen LogP contribution in [0.15, 0.2) is 60.3 Å². The summed E-state index contributed by atoms with van der Waals surface area (Å²) < 4.78 is 11.4. The number of amides is 1. The maximum atomic E-state index is 13.3. The molecule has 2 saturated heterocycles. The minimum absolute atomic E-state index is 0.0926. The zero-order valence-electron chi connectivity index (χ0n) is 19.1. The number of ether oxygens (including phenoxy) is 2. The van der Waals surface area contributed by atoms with Crippen LogP contribution in [0.2, 0.25) is 0 Å². The van der Waals surface area contributed by atoms with Crippen molar-refractivity contribution in [3.05, 3.63) is 71.4 Å². The number of rotatable bonds is 7. The van der Waals surface area contributed by atoms with Gasteiger partial charge in [0.2, 0.25) is 0 Å². The Morgan fingerprint density at radius 3 is 2.71 bits per heavy atom. The van der Waals surface area contributed by atoms with E-state index in [0.29, 0.717) is 31.1 Å². The molecule has 3 aromatic rings. The Morgan fingerprint density at radius 2 is 1.97 bits per heavy atom. The third-order valence-electron chi connectivity index (χ3n) is 6.48. The number of likely N-dealkylation sites (tertiary alicyclic amines) is 1. The molecule has 2 unspecified atom stereocenters. The topological polar surface area (TPSA) is 91.9 Å². The van der Waals surface area contributed by atoms with Crippen molar-refractivity contribution in [1.82, 2.24) is 9.88 Å². The quantitative estimate of drug-likeness (QED) is 0.306. The smallest absolute Gasteiger partial charge is 0.295 e. The van der Waals surface area contributed by atoms with Crippen molar-refractivity contribution in [3.63, 3.8) is 0 Å². The molecular formula is C27H28N2O5. The lowest BCUT2D eigenvalue weighted by molar-refractivity contribution is -0.140. The van der Waals surface area contributed by atoms with E-state index in [2.05, 4.69) is 4.98 Å². The number of hydrogen-bond donors (Lipinski definition) is 2. The molecule has 2 aliphatic rings. The summed E-state index contributed by atoms with van der Waals surface area (Å²) in [5, 5.41) is 12.2. The number of aliphatic hydroxyl groups is 1. The zero-order chi connectivity index (χ0) is 23.7. The first-order chi connectivity index (χ1) is 16.6. The Bertz CT molecular complexity index is 1240. The second kappa shape index (κ2) is 9.35. The molecule has 1 amide bonds. The van der Waals surface area contributed by atoms with Gasteiger partial charge in [-0.2, -0.15) is 0 Å². The number of nitrogens with one attached hydrogen (secondary N) is 1. The summed E-state index contributed by atoms with van der Waals surface area (Å²) in [4.78, 5) is 31.3. The molecule has 34 heavy (non-hydrogen) atoms. The predicted octanol–water partition coefficient (Wildman–Crippen LogP) is 4.56. The van der Waals surface area contributed by atoms with Crippen molar-refractivity contribution in [3.8, 4) is 5.75 Å². The lowest BCUT2D eigenvalue weighted by Crippen LogP contribution is -2.36. The van der Waals surface area contributed by atoms with E-state index in [0.717, 1.165) is 35.7 Å². The van der Waals surface area contributed by atoms with Gasteiger partial charge in [0, 0.05) is 41.4 Å². The molecule has 0 bridgehead atoms. The van der Waals surface area contributed by atoms with E-state index in [-0.39, 0.29) is 17.4 Å². The summed E-state index contributed by atoms with van der Waals surface area (Å²) >= 11 is 0. The van der Waals surface area contributed by atoms with Crippen LogP contribution in [0, 0.1) is 0 Å². The van der Waals surface area contributed by atoms with Crippen molar-refractivity contribution in [2.45, 2.75) is 38.3 Å². The summed E-state index contributed by atoms with van der Waals surface area (Å²) in [6.45, 7) is 3.58. The van der Waals surface area contributed by atoms with Crippen LogP contribution in [-0.2, 0) is 14.3 Å². The second-order valence-corrected chi connectivity index (χ2v) is 8.75. The van der Waals surface area contributed by atoms with E-state index in [1.54, 1.807) is 29.2 Å². The molecule has 5 rings (SSSR count). The van der Waals surface area contributed by atoms with Gasteiger partial charge in [0.05, 0.1) is 24.3 Å². The van der Waals surface area contributed by atoms with Crippen LogP contribution in [0.4, 0.5) is 0 Å². The Hall–Kier alpha value is -3.58. The molecule has 7 nitrogen and oxygen atoms in total. The molecule has 0 saturated carbocycles. The molecule has 2 N–H and O–H groups in total. The average molecular weight is 461 g/mol. The molecule has 2 atom stereocenters. The average Bonchev–Trinajstić information content (AvgIpc) is 3.58. The molecule has 2 aromatic carbocycles. The van der Waals surface area contributed by atoms with Crippen molar-refractivity contribution in [2.75, 3.05) is 19.8 Å². The zero-order valence-corrected chi connectivity index (χ0v) is 19.1. The van der Waals surface area contributed by atoms with Gasteiger partial charge in [-0.1, -0.05) is 25.1 Å². The van der Waals surface area contributed by atoms with Crippen LogP contribution in [-0.4, -0.2) is 52.5 Å². The van der Waals surface area contributed by atoms with Gasteiger partial charge < -0.3 is 24.5 Å².